The fraction of sp³-hybridized carbons (Fsp3) is 0.571. The number of likely N-dealkylation sites (N-methyl/N-ethyl adjacent to an activating group) is 1. The minimum atomic E-state index is -0.0669. The number of ether oxygens (including phenoxy) is 1. The molecule has 0 unspecified atom stereocenters. The average Bonchev–Trinajstić information content (AvgIpc) is 2.30. The van der Waals surface area contributed by atoms with E-state index >= 15 is 0 Å². The lowest BCUT2D eigenvalue weighted by Crippen LogP contribution is -2.38. The van der Waals surface area contributed by atoms with Gasteiger partial charge in [-0.05, 0) is 37.9 Å². The highest BCUT2D eigenvalue weighted by Crippen LogP contribution is 2.27. The predicted molar refractivity (Wildman–Crippen MR) is 73.2 cm³/mol. The number of nitrogens with zero attached hydrogens (tertiary/aromatic N) is 1. The molecule has 1 saturated carbocycles. The topological polar surface area (TPSA) is 32.7 Å². The van der Waals surface area contributed by atoms with Crippen molar-refractivity contribution in [1.29, 1.82) is 0 Å². The molecule has 0 radical (unpaired) electrons. The second kappa shape index (κ2) is 6.41. The third-order valence-corrected chi connectivity index (χ3v) is 3.66. The van der Waals surface area contributed by atoms with Gasteiger partial charge in [0.05, 0.1) is 11.1 Å². The second-order valence-electron chi connectivity index (χ2n) is 5.03. The van der Waals surface area contributed by atoms with Crippen LogP contribution in [0.1, 0.15) is 12.8 Å². The first-order valence-electron chi connectivity index (χ1n) is 6.39. The second-order valence-corrected chi connectivity index (χ2v) is 5.44. The molecule has 0 aliphatic heterocycles. The van der Waals surface area contributed by atoms with Crippen molar-refractivity contribution in [1.82, 2.24) is 4.90 Å². The van der Waals surface area contributed by atoms with Crippen molar-refractivity contribution in [2.45, 2.75) is 18.9 Å². The number of benzene rings is 1. The number of hydrogen-bond acceptors (Lipinski definition) is 3. The van der Waals surface area contributed by atoms with Crippen LogP contribution in [0.4, 0.5) is 0 Å². The lowest BCUT2D eigenvalue weighted by Gasteiger charge is -2.34. The Morgan fingerprint density at radius 2 is 2.11 bits per heavy atom. The zero-order chi connectivity index (χ0) is 13.0. The maximum absolute atomic E-state index is 9.23. The van der Waals surface area contributed by atoms with Crippen molar-refractivity contribution in [3.05, 3.63) is 29.3 Å². The fourth-order valence-corrected chi connectivity index (χ4v) is 2.45. The van der Waals surface area contributed by atoms with E-state index in [1.807, 2.05) is 24.3 Å². The number of rotatable bonds is 6. The lowest BCUT2D eigenvalue weighted by atomic mass is 9.82. The van der Waals surface area contributed by atoms with Crippen LogP contribution >= 0.6 is 11.6 Å². The van der Waals surface area contributed by atoms with Crippen LogP contribution in [0.3, 0.4) is 0 Å². The third-order valence-electron chi connectivity index (χ3n) is 3.35. The molecule has 1 aromatic carbocycles. The molecule has 1 aliphatic carbocycles. The molecule has 1 N–H and O–H groups in total. The third kappa shape index (κ3) is 3.87. The molecule has 0 heterocycles. The Kier molecular flexibility index (Phi) is 4.87. The Morgan fingerprint density at radius 1 is 1.39 bits per heavy atom. The molecule has 1 aliphatic rings. The summed E-state index contributed by atoms with van der Waals surface area (Å²) in [4.78, 5) is 2.24. The van der Waals surface area contributed by atoms with Crippen molar-refractivity contribution < 1.29 is 9.84 Å². The standard InChI is InChI=1S/C14H20ClNO2/c1-16(10-11-8-12(17)9-11)6-7-18-14-5-3-2-4-13(14)15/h2-5,11-12,17H,6-10H2,1H3. The van der Waals surface area contributed by atoms with Crippen LogP contribution in [0.5, 0.6) is 5.75 Å². The van der Waals surface area contributed by atoms with E-state index in [1.54, 1.807) is 0 Å². The smallest absolute Gasteiger partial charge is 0.137 e. The highest BCUT2D eigenvalue weighted by Gasteiger charge is 2.27. The summed E-state index contributed by atoms with van der Waals surface area (Å²) in [5, 5.41) is 9.88. The maximum Gasteiger partial charge on any atom is 0.137 e. The van der Waals surface area contributed by atoms with Crippen LogP contribution in [-0.4, -0.2) is 42.9 Å². The van der Waals surface area contributed by atoms with Gasteiger partial charge < -0.3 is 14.7 Å². The molecule has 18 heavy (non-hydrogen) atoms. The highest BCUT2D eigenvalue weighted by molar-refractivity contribution is 6.32. The van der Waals surface area contributed by atoms with Crippen molar-refractivity contribution in [3.63, 3.8) is 0 Å². The number of aliphatic hydroxyl groups is 1. The van der Waals surface area contributed by atoms with Gasteiger partial charge in [0.15, 0.2) is 0 Å². The Labute approximate surface area is 113 Å². The van der Waals surface area contributed by atoms with Crippen molar-refractivity contribution in [2.75, 3.05) is 26.7 Å². The van der Waals surface area contributed by atoms with E-state index in [0.29, 0.717) is 17.5 Å². The molecule has 0 bridgehead atoms. The normalized spacial score (nSPS) is 22.9. The molecule has 2 rings (SSSR count). The summed E-state index contributed by atoms with van der Waals surface area (Å²) in [5.74, 6) is 1.39. The van der Waals surface area contributed by atoms with Gasteiger partial charge in [-0.2, -0.15) is 0 Å². The first-order valence-corrected chi connectivity index (χ1v) is 6.77. The average molecular weight is 270 g/mol. The van der Waals surface area contributed by atoms with Crippen LogP contribution in [0.15, 0.2) is 24.3 Å². The summed E-state index contributed by atoms with van der Waals surface area (Å²) in [5.41, 5.74) is 0. The molecule has 3 nitrogen and oxygen atoms in total. The van der Waals surface area contributed by atoms with Gasteiger partial charge >= 0.3 is 0 Å². The maximum atomic E-state index is 9.23. The summed E-state index contributed by atoms with van der Waals surface area (Å²) in [7, 11) is 2.08. The molecule has 0 amide bonds. The number of para-hydroxylation sites is 1. The van der Waals surface area contributed by atoms with Crippen molar-refractivity contribution in [3.8, 4) is 5.75 Å². The Morgan fingerprint density at radius 3 is 2.78 bits per heavy atom. The first kappa shape index (κ1) is 13.7. The van der Waals surface area contributed by atoms with Gasteiger partial charge in [0.1, 0.15) is 12.4 Å². The predicted octanol–water partition coefficient (Wildman–Crippen LogP) is 2.42. The molecule has 0 atom stereocenters. The summed E-state index contributed by atoms with van der Waals surface area (Å²) >= 11 is 6.01. The molecule has 1 fully saturated rings. The number of halogens is 1. The zero-order valence-electron chi connectivity index (χ0n) is 10.7. The molecule has 0 aromatic heterocycles. The van der Waals surface area contributed by atoms with Gasteiger partial charge in [-0.3, -0.25) is 0 Å². The molecular weight excluding hydrogens is 250 g/mol. The van der Waals surface area contributed by atoms with Gasteiger partial charge in [0.25, 0.3) is 0 Å². The van der Waals surface area contributed by atoms with E-state index in [4.69, 9.17) is 16.3 Å². The van der Waals surface area contributed by atoms with Crippen molar-refractivity contribution in [2.24, 2.45) is 5.92 Å². The minimum Gasteiger partial charge on any atom is -0.491 e. The highest BCUT2D eigenvalue weighted by atomic mass is 35.5. The zero-order valence-corrected chi connectivity index (χ0v) is 11.4. The Hall–Kier alpha value is -0.770. The van der Waals surface area contributed by atoms with E-state index in [0.717, 1.165) is 31.7 Å². The summed E-state index contributed by atoms with van der Waals surface area (Å²) in [6.07, 6.45) is 1.81. The van der Waals surface area contributed by atoms with E-state index in [2.05, 4.69) is 11.9 Å². The Balaban J connectivity index is 1.64. The van der Waals surface area contributed by atoms with E-state index in [-0.39, 0.29) is 6.10 Å². The van der Waals surface area contributed by atoms with Crippen LogP contribution in [0.2, 0.25) is 5.02 Å². The van der Waals surface area contributed by atoms with Gasteiger partial charge in [0.2, 0.25) is 0 Å². The van der Waals surface area contributed by atoms with Gasteiger partial charge in [-0.25, -0.2) is 0 Å². The molecule has 0 saturated heterocycles. The molecule has 1 aromatic rings. The summed E-state index contributed by atoms with van der Waals surface area (Å²) < 4.78 is 5.64. The molecule has 0 spiro atoms. The van der Waals surface area contributed by atoms with Gasteiger partial charge in [-0.15, -0.1) is 0 Å². The van der Waals surface area contributed by atoms with Crippen LogP contribution in [0, 0.1) is 5.92 Å². The summed E-state index contributed by atoms with van der Waals surface area (Å²) in [6, 6.07) is 7.52. The van der Waals surface area contributed by atoms with E-state index in [9.17, 15) is 5.11 Å². The monoisotopic (exact) mass is 269 g/mol. The summed E-state index contributed by atoms with van der Waals surface area (Å²) in [6.45, 7) is 2.54. The Bertz CT molecular complexity index is 380. The van der Waals surface area contributed by atoms with E-state index in [1.165, 1.54) is 0 Å². The minimum absolute atomic E-state index is 0.0669. The van der Waals surface area contributed by atoms with Gasteiger partial charge in [0, 0.05) is 13.1 Å². The van der Waals surface area contributed by atoms with E-state index < -0.39 is 0 Å². The fourth-order valence-electron chi connectivity index (χ4n) is 2.25. The number of hydrogen-bond donors (Lipinski definition) is 1. The van der Waals surface area contributed by atoms with Crippen molar-refractivity contribution >= 4 is 11.6 Å². The van der Waals surface area contributed by atoms with Crippen LogP contribution in [0.25, 0.3) is 0 Å². The molecular formula is C14H20ClNO2. The van der Waals surface area contributed by atoms with Crippen LogP contribution in [-0.2, 0) is 0 Å². The SMILES string of the molecule is CN(CCOc1ccccc1Cl)CC1CC(O)C1. The first-order chi connectivity index (χ1) is 8.65. The van der Waals surface area contributed by atoms with Crippen LogP contribution < -0.4 is 4.74 Å². The quantitative estimate of drug-likeness (QED) is 0.861. The largest absolute Gasteiger partial charge is 0.491 e. The lowest BCUT2D eigenvalue weighted by molar-refractivity contribution is 0.0269. The molecule has 4 heteroatoms. The number of aliphatic hydroxyl groups excluding tert-OH is 1. The molecule has 100 valence electrons. The van der Waals surface area contributed by atoms with Gasteiger partial charge in [-0.1, -0.05) is 23.7 Å².